The van der Waals surface area contributed by atoms with Crippen LogP contribution in [0.5, 0.6) is 11.5 Å². The summed E-state index contributed by atoms with van der Waals surface area (Å²) in [7, 11) is 0. The smallest absolute Gasteiger partial charge is 0.324 e. The summed E-state index contributed by atoms with van der Waals surface area (Å²) in [5.74, 6) is -1.62. The molecule has 0 heterocycles. The van der Waals surface area contributed by atoms with E-state index in [1.165, 1.54) is 12.1 Å². The summed E-state index contributed by atoms with van der Waals surface area (Å²) < 4.78 is 0. The minimum Gasteiger partial charge on any atom is -0.504 e. The summed E-state index contributed by atoms with van der Waals surface area (Å²) in [5.41, 5.74) is 4.46. The molecule has 0 saturated carbocycles. The Balaban J connectivity index is 3.12. The van der Waals surface area contributed by atoms with Gasteiger partial charge in [0.15, 0.2) is 11.5 Å². The average Bonchev–Trinajstić information content (AvgIpc) is 2.21. The number of carboxylic acids is 1. The van der Waals surface area contributed by atoms with Crippen LogP contribution in [0, 0.1) is 5.41 Å². The van der Waals surface area contributed by atoms with Gasteiger partial charge in [0, 0.05) is 6.42 Å². The Bertz CT molecular complexity index is 465. The number of nitrogens with two attached hydrogens (primary N) is 1. The van der Waals surface area contributed by atoms with Crippen LogP contribution in [0.3, 0.4) is 0 Å². The van der Waals surface area contributed by atoms with Crippen molar-refractivity contribution in [1.82, 2.24) is 0 Å². The zero-order chi connectivity index (χ0) is 14.1. The van der Waals surface area contributed by atoms with Gasteiger partial charge in [0.1, 0.15) is 5.54 Å². The first-order valence-electron chi connectivity index (χ1n) is 5.61. The molecule has 0 spiro atoms. The van der Waals surface area contributed by atoms with Crippen LogP contribution in [0.15, 0.2) is 18.2 Å². The minimum atomic E-state index is -1.45. The number of phenolic OH excluding ortho intramolecular Hbond substituents is 2. The van der Waals surface area contributed by atoms with Crippen LogP contribution in [-0.4, -0.2) is 26.8 Å². The highest BCUT2D eigenvalue weighted by Crippen LogP contribution is 2.33. The number of aliphatic carboxylic acids is 1. The van der Waals surface area contributed by atoms with Crippen LogP contribution in [0.4, 0.5) is 0 Å². The molecule has 0 fully saturated rings. The zero-order valence-electron chi connectivity index (χ0n) is 10.8. The van der Waals surface area contributed by atoms with Crippen molar-refractivity contribution in [2.45, 2.75) is 32.7 Å². The summed E-state index contributed by atoms with van der Waals surface area (Å²) in [5, 5.41) is 27.9. The van der Waals surface area contributed by atoms with Gasteiger partial charge >= 0.3 is 5.97 Å². The molecule has 0 aliphatic carbocycles. The van der Waals surface area contributed by atoms with Crippen molar-refractivity contribution in [3.63, 3.8) is 0 Å². The van der Waals surface area contributed by atoms with E-state index in [0.29, 0.717) is 5.56 Å². The molecule has 0 aromatic heterocycles. The number of benzene rings is 1. The molecule has 5 nitrogen and oxygen atoms in total. The first kappa shape index (κ1) is 14.3. The lowest BCUT2D eigenvalue weighted by molar-refractivity contribution is -0.147. The molecule has 0 radical (unpaired) electrons. The number of aromatic hydroxyl groups is 2. The van der Waals surface area contributed by atoms with Gasteiger partial charge in [-0.1, -0.05) is 26.8 Å². The fraction of sp³-hybridized carbons (Fsp3) is 0.462. The number of carbonyl (C=O) groups is 1. The molecule has 1 atom stereocenters. The highest BCUT2D eigenvalue weighted by molar-refractivity contribution is 5.80. The largest absolute Gasteiger partial charge is 0.504 e. The van der Waals surface area contributed by atoms with E-state index in [9.17, 15) is 20.1 Å². The number of hydrogen-bond donors (Lipinski definition) is 4. The van der Waals surface area contributed by atoms with E-state index in [-0.39, 0.29) is 17.9 Å². The van der Waals surface area contributed by atoms with Crippen molar-refractivity contribution in [2.75, 3.05) is 0 Å². The minimum absolute atomic E-state index is 0.0691. The van der Waals surface area contributed by atoms with Gasteiger partial charge in [-0.3, -0.25) is 4.79 Å². The molecule has 100 valence electrons. The maximum absolute atomic E-state index is 11.4. The van der Waals surface area contributed by atoms with Gasteiger partial charge in [0.25, 0.3) is 0 Å². The van der Waals surface area contributed by atoms with Crippen LogP contribution in [0.25, 0.3) is 0 Å². The first-order chi connectivity index (χ1) is 8.08. The Hall–Kier alpha value is -1.75. The van der Waals surface area contributed by atoms with Crippen molar-refractivity contribution < 1.29 is 20.1 Å². The SMILES string of the molecule is CC(C)(C)C(N)(Cc1ccc(O)c(O)c1)C(=O)O. The number of hydrogen-bond acceptors (Lipinski definition) is 4. The van der Waals surface area contributed by atoms with Crippen molar-refractivity contribution >= 4 is 5.97 Å². The van der Waals surface area contributed by atoms with Crippen LogP contribution in [-0.2, 0) is 11.2 Å². The summed E-state index contributed by atoms with van der Waals surface area (Å²) in [6, 6.07) is 4.19. The number of carboxylic acid groups (broad SMARTS) is 1. The highest BCUT2D eigenvalue weighted by Gasteiger charge is 2.45. The fourth-order valence-corrected chi connectivity index (χ4v) is 1.66. The zero-order valence-corrected chi connectivity index (χ0v) is 10.8. The van der Waals surface area contributed by atoms with Gasteiger partial charge in [-0.25, -0.2) is 0 Å². The highest BCUT2D eigenvalue weighted by atomic mass is 16.4. The Morgan fingerprint density at radius 1 is 1.22 bits per heavy atom. The Morgan fingerprint density at radius 2 is 1.78 bits per heavy atom. The molecular formula is C13H19NO4. The van der Waals surface area contributed by atoms with Crippen molar-refractivity contribution in [2.24, 2.45) is 11.1 Å². The average molecular weight is 253 g/mol. The molecule has 1 rings (SSSR count). The van der Waals surface area contributed by atoms with Crippen LogP contribution < -0.4 is 5.73 Å². The Morgan fingerprint density at radius 3 is 2.17 bits per heavy atom. The van der Waals surface area contributed by atoms with Gasteiger partial charge < -0.3 is 21.1 Å². The lowest BCUT2D eigenvalue weighted by Gasteiger charge is -2.37. The molecule has 0 bridgehead atoms. The quantitative estimate of drug-likeness (QED) is 0.611. The topological polar surface area (TPSA) is 104 Å². The predicted molar refractivity (Wildman–Crippen MR) is 67.5 cm³/mol. The van der Waals surface area contributed by atoms with Gasteiger partial charge in [0.2, 0.25) is 0 Å². The molecule has 0 saturated heterocycles. The normalized spacial score (nSPS) is 15.1. The Kier molecular flexibility index (Phi) is 3.57. The molecule has 1 aromatic rings. The molecule has 1 unspecified atom stereocenters. The van der Waals surface area contributed by atoms with Gasteiger partial charge in [-0.15, -0.1) is 0 Å². The van der Waals surface area contributed by atoms with Crippen LogP contribution in [0.2, 0.25) is 0 Å². The summed E-state index contributed by atoms with van der Waals surface area (Å²) in [6.45, 7) is 5.25. The predicted octanol–water partition coefficient (Wildman–Crippen LogP) is 1.47. The van der Waals surface area contributed by atoms with E-state index in [4.69, 9.17) is 5.73 Å². The summed E-state index contributed by atoms with van der Waals surface area (Å²) in [6.07, 6.45) is 0.0691. The molecule has 18 heavy (non-hydrogen) atoms. The van der Waals surface area contributed by atoms with Gasteiger partial charge in [0.05, 0.1) is 0 Å². The van der Waals surface area contributed by atoms with E-state index in [1.54, 1.807) is 26.8 Å². The van der Waals surface area contributed by atoms with E-state index < -0.39 is 16.9 Å². The molecule has 5 N–H and O–H groups in total. The third kappa shape index (κ3) is 2.56. The lowest BCUT2D eigenvalue weighted by atomic mass is 9.71. The molecule has 5 heteroatoms. The van der Waals surface area contributed by atoms with Gasteiger partial charge in [-0.2, -0.15) is 0 Å². The summed E-state index contributed by atoms with van der Waals surface area (Å²) >= 11 is 0. The van der Waals surface area contributed by atoms with Crippen LogP contribution in [0.1, 0.15) is 26.3 Å². The van der Waals surface area contributed by atoms with Crippen molar-refractivity contribution in [3.05, 3.63) is 23.8 Å². The maximum atomic E-state index is 11.4. The second kappa shape index (κ2) is 4.49. The third-order valence-electron chi connectivity index (χ3n) is 3.24. The van der Waals surface area contributed by atoms with E-state index in [0.717, 1.165) is 0 Å². The third-order valence-corrected chi connectivity index (χ3v) is 3.24. The fourth-order valence-electron chi connectivity index (χ4n) is 1.66. The molecule has 1 aromatic carbocycles. The van der Waals surface area contributed by atoms with Crippen LogP contribution >= 0.6 is 0 Å². The molecular weight excluding hydrogens is 234 g/mol. The van der Waals surface area contributed by atoms with E-state index >= 15 is 0 Å². The molecule has 0 aliphatic heterocycles. The standard InChI is InChI=1S/C13H19NO4/c1-12(2,3)13(14,11(17)18)7-8-4-5-9(15)10(16)6-8/h4-6,15-16H,7,14H2,1-3H3,(H,17,18). The molecule has 0 aliphatic rings. The van der Waals surface area contributed by atoms with E-state index in [1.807, 2.05) is 0 Å². The van der Waals surface area contributed by atoms with Crippen molar-refractivity contribution in [1.29, 1.82) is 0 Å². The van der Waals surface area contributed by atoms with E-state index in [2.05, 4.69) is 0 Å². The Labute approximate surface area is 106 Å². The van der Waals surface area contributed by atoms with Gasteiger partial charge in [-0.05, 0) is 23.1 Å². The second-order valence-electron chi connectivity index (χ2n) is 5.53. The van der Waals surface area contributed by atoms with Crippen molar-refractivity contribution in [3.8, 4) is 11.5 Å². The summed E-state index contributed by atoms with van der Waals surface area (Å²) in [4.78, 5) is 11.4. The number of rotatable bonds is 3. The second-order valence-corrected chi connectivity index (χ2v) is 5.53. The monoisotopic (exact) mass is 253 g/mol. The first-order valence-corrected chi connectivity index (χ1v) is 5.61. The lowest BCUT2D eigenvalue weighted by Crippen LogP contribution is -2.59. The maximum Gasteiger partial charge on any atom is 0.324 e. The molecule has 0 amide bonds. The number of phenols is 2.